The van der Waals surface area contributed by atoms with Crippen LogP contribution in [-0.4, -0.2) is 14.2 Å². The largest absolute Gasteiger partial charge is 0.308 e. The van der Waals surface area contributed by atoms with E-state index in [-0.39, 0.29) is 5.56 Å². The van der Waals surface area contributed by atoms with E-state index in [9.17, 15) is 4.79 Å². The van der Waals surface area contributed by atoms with E-state index in [1.165, 1.54) is 16.7 Å². The van der Waals surface area contributed by atoms with Crippen molar-refractivity contribution < 1.29 is 0 Å². The predicted molar refractivity (Wildman–Crippen MR) is 105 cm³/mol. The van der Waals surface area contributed by atoms with Crippen LogP contribution in [0.4, 0.5) is 0 Å². The van der Waals surface area contributed by atoms with Crippen molar-refractivity contribution >= 4 is 5.52 Å². The molecule has 0 aliphatic heterocycles. The van der Waals surface area contributed by atoms with Gasteiger partial charge in [0.05, 0.1) is 12.2 Å². The second-order valence-electron chi connectivity index (χ2n) is 6.82. The summed E-state index contributed by atoms with van der Waals surface area (Å²) in [6, 6.07) is 16.3. The number of hydrogen-bond donors (Lipinski definition) is 0. The number of rotatable bonds is 3. The van der Waals surface area contributed by atoms with E-state index >= 15 is 0 Å². The number of nitrogens with zero attached hydrogens (tertiary/aromatic N) is 3. The Labute approximate surface area is 152 Å². The van der Waals surface area contributed by atoms with Crippen molar-refractivity contribution in [2.24, 2.45) is 0 Å². The van der Waals surface area contributed by atoms with Gasteiger partial charge in [-0.05, 0) is 55.2 Å². The monoisotopic (exact) mass is 343 g/mol. The summed E-state index contributed by atoms with van der Waals surface area (Å²) >= 11 is 0. The van der Waals surface area contributed by atoms with Gasteiger partial charge in [0.15, 0.2) is 0 Å². The highest BCUT2D eigenvalue weighted by molar-refractivity contribution is 5.66. The van der Waals surface area contributed by atoms with Crippen molar-refractivity contribution in [3.8, 4) is 11.3 Å². The molecule has 0 radical (unpaired) electrons. The molecule has 4 nitrogen and oxygen atoms in total. The molecule has 2 aromatic heterocycles. The molecule has 0 aliphatic carbocycles. The second kappa shape index (κ2) is 6.30. The zero-order valence-corrected chi connectivity index (χ0v) is 15.2. The first-order valence-corrected chi connectivity index (χ1v) is 8.74. The van der Waals surface area contributed by atoms with E-state index < -0.39 is 0 Å². The van der Waals surface area contributed by atoms with E-state index in [0.29, 0.717) is 12.1 Å². The van der Waals surface area contributed by atoms with Crippen molar-refractivity contribution in [2.45, 2.75) is 27.3 Å². The average molecular weight is 343 g/mol. The molecule has 0 spiro atoms. The van der Waals surface area contributed by atoms with Crippen LogP contribution in [0.25, 0.3) is 16.8 Å². The maximum atomic E-state index is 12.9. The lowest BCUT2D eigenvalue weighted by atomic mass is 10.0. The van der Waals surface area contributed by atoms with Crippen LogP contribution in [0.3, 0.4) is 0 Å². The van der Waals surface area contributed by atoms with Crippen LogP contribution in [0, 0.1) is 20.8 Å². The molecule has 0 atom stereocenters. The highest BCUT2D eigenvalue weighted by Crippen LogP contribution is 2.21. The summed E-state index contributed by atoms with van der Waals surface area (Å²) in [7, 11) is 0. The van der Waals surface area contributed by atoms with Crippen molar-refractivity contribution in [1.29, 1.82) is 0 Å². The molecule has 4 aromatic rings. The number of benzene rings is 2. The summed E-state index contributed by atoms with van der Waals surface area (Å²) in [4.78, 5) is 12.9. The Morgan fingerprint density at radius 1 is 0.885 bits per heavy atom. The van der Waals surface area contributed by atoms with E-state index in [1.54, 1.807) is 15.3 Å². The highest BCUT2D eigenvalue weighted by atomic mass is 16.1. The molecule has 2 heterocycles. The molecule has 0 amide bonds. The first-order valence-electron chi connectivity index (χ1n) is 8.74. The Balaban J connectivity index is 1.77. The van der Waals surface area contributed by atoms with Crippen LogP contribution in [-0.2, 0) is 6.54 Å². The maximum Gasteiger partial charge on any atom is 0.276 e. The van der Waals surface area contributed by atoms with Gasteiger partial charge in [0, 0.05) is 18.0 Å². The quantitative estimate of drug-likeness (QED) is 0.561. The van der Waals surface area contributed by atoms with Crippen molar-refractivity contribution in [2.75, 3.05) is 0 Å². The topological polar surface area (TPSA) is 39.3 Å². The number of hydrogen-bond acceptors (Lipinski definition) is 2. The smallest absolute Gasteiger partial charge is 0.276 e. The SMILES string of the molecule is Cc1ccc(-c2cc3c(=O)n(Cc4ccccc4C)ccn3n2)cc1C. The third-order valence-corrected chi connectivity index (χ3v) is 5.01. The van der Waals surface area contributed by atoms with Gasteiger partial charge in [-0.3, -0.25) is 4.79 Å². The van der Waals surface area contributed by atoms with Crippen LogP contribution in [0.2, 0.25) is 0 Å². The van der Waals surface area contributed by atoms with Gasteiger partial charge in [-0.25, -0.2) is 4.52 Å². The van der Waals surface area contributed by atoms with Crippen LogP contribution in [0.5, 0.6) is 0 Å². The average Bonchev–Trinajstić information content (AvgIpc) is 3.07. The Morgan fingerprint density at radius 3 is 2.46 bits per heavy atom. The van der Waals surface area contributed by atoms with Gasteiger partial charge >= 0.3 is 0 Å². The molecular weight excluding hydrogens is 322 g/mol. The molecule has 4 rings (SSSR count). The molecule has 0 saturated carbocycles. The van der Waals surface area contributed by atoms with Crippen molar-refractivity contribution in [3.05, 3.63) is 93.5 Å². The van der Waals surface area contributed by atoms with Crippen LogP contribution in [0.1, 0.15) is 22.3 Å². The minimum absolute atomic E-state index is 0.0293. The molecule has 0 N–H and O–H groups in total. The first-order chi connectivity index (χ1) is 12.5. The zero-order chi connectivity index (χ0) is 18.3. The third-order valence-electron chi connectivity index (χ3n) is 5.01. The Hall–Kier alpha value is -3.14. The van der Waals surface area contributed by atoms with Gasteiger partial charge in [-0.15, -0.1) is 0 Å². The Kier molecular flexibility index (Phi) is 3.96. The fraction of sp³-hybridized carbons (Fsp3) is 0.182. The summed E-state index contributed by atoms with van der Waals surface area (Å²) in [5, 5.41) is 4.58. The minimum Gasteiger partial charge on any atom is -0.308 e. The minimum atomic E-state index is -0.0293. The number of aryl methyl sites for hydroxylation is 3. The molecule has 2 aromatic carbocycles. The fourth-order valence-corrected chi connectivity index (χ4v) is 3.16. The zero-order valence-electron chi connectivity index (χ0n) is 15.2. The van der Waals surface area contributed by atoms with Gasteiger partial charge in [0.2, 0.25) is 0 Å². The highest BCUT2D eigenvalue weighted by Gasteiger charge is 2.10. The van der Waals surface area contributed by atoms with Gasteiger partial charge in [-0.1, -0.05) is 36.4 Å². The summed E-state index contributed by atoms with van der Waals surface area (Å²) < 4.78 is 3.41. The molecular formula is C22H21N3O. The Bertz CT molecular complexity index is 1170. The van der Waals surface area contributed by atoms with E-state index in [4.69, 9.17) is 0 Å². The van der Waals surface area contributed by atoms with Crippen molar-refractivity contribution in [3.63, 3.8) is 0 Å². The Morgan fingerprint density at radius 2 is 1.69 bits per heavy atom. The molecule has 130 valence electrons. The molecule has 0 fully saturated rings. The maximum absolute atomic E-state index is 12.9. The fourth-order valence-electron chi connectivity index (χ4n) is 3.16. The van der Waals surface area contributed by atoms with Crippen LogP contribution >= 0.6 is 0 Å². The van der Waals surface area contributed by atoms with E-state index in [1.807, 2.05) is 24.4 Å². The molecule has 0 bridgehead atoms. The number of fused-ring (bicyclic) bond motifs is 1. The molecule has 4 heteroatoms. The van der Waals surface area contributed by atoms with Crippen LogP contribution < -0.4 is 5.56 Å². The van der Waals surface area contributed by atoms with Gasteiger partial charge in [0.1, 0.15) is 5.52 Å². The number of aromatic nitrogens is 3. The second-order valence-corrected chi connectivity index (χ2v) is 6.82. The molecule has 0 unspecified atom stereocenters. The van der Waals surface area contributed by atoms with E-state index in [0.717, 1.165) is 16.8 Å². The van der Waals surface area contributed by atoms with Crippen molar-refractivity contribution in [1.82, 2.24) is 14.2 Å². The summed E-state index contributed by atoms with van der Waals surface area (Å²) in [6.45, 7) is 6.80. The normalized spacial score (nSPS) is 11.2. The predicted octanol–water partition coefficient (Wildman–Crippen LogP) is 4.14. The summed E-state index contributed by atoms with van der Waals surface area (Å²) in [5.74, 6) is 0. The van der Waals surface area contributed by atoms with Gasteiger partial charge in [0.25, 0.3) is 5.56 Å². The van der Waals surface area contributed by atoms with Gasteiger partial charge < -0.3 is 4.57 Å². The lowest BCUT2D eigenvalue weighted by molar-refractivity contribution is 0.740. The summed E-state index contributed by atoms with van der Waals surface area (Å²) in [6.07, 6.45) is 3.65. The van der Waals surface area contributed by atoms with Crippen LogP contribution in [0.15, 0.2) is 65.7 Å². The van der Waals surface area contributed by atoms with Gasteiger partial charge in [-0.2, -0.15) is 5.10 Å². The first kappa shape index (κ1) is 16.3. The molecule has 0 aliphatic rings. The standard InChI is InChI=1S/C22H21N3O/c1-15-8-9-18(12-17(15)3)20-13-21-22(26)24(10-11-25(21)23-20)14-19-7-5-4-6-16(19)2/h4-13H,14H2,1-3H3. The third kappa shape index (κ3) is 2.84. The lowest BCUT2D eigenvalue weighted by Gasteiger charge is -2.08. The lowest BCUT2D eigenvalue weighted by Crippen LogP contribution is -2.22. The molecule has 26 heavy (non-hydrogen) atoms. The molecule has 0 saturated heterocycles. The summed E-state index contributed by atoms with van der Waals surface area (Å²) in [5.41, 5.74) is 7.21. The van der Waals surface area contributed by atoms with E-state index in [2.05, 4.69) is 56.2 Å².